The van der Waals surface area contributed by atoms with Crippen molar-refractivity contribution in [3.63, 3.8) is 0 Å². The maximum atomic E-state index is 11.9. The summed E-state index contributed by atoms with van der Waals surface area (Å²) in [6, 6.07) is 6.68. The van der Waals surface area contributed by atoms with Crippen LogP contribution in [0.15, 0.2) is 30.3 Å². The molecule has 0 saturated carbocycles. The largest absolute Gasteiger partial charge is 0.478 e. The Hall–Kier alpha value is -3.68. The molecule has 2 aromatic rings. The Morgan fingerprint density at radius 1 is 0.786 bits per heavy atom. The van der Waals surface area contributed by atoms with Crippen LogP contribution < -0.4 is 0 Å². The maximum Gasteiger partial charge on any atom is 0.336 e. The molecule has 3 rings (SSSR count). The van der Waals surface area contributed by atoms with Crippen molar-refractivity contribution in [2.75, 3.05) is 0 Å². The zero-order valence-corrected chi connectivity index (χ0v) is 14.7. The van der Waals surface area contributed by atoms with Gasteiger partial charge in [0, 0.05) is 5.92 Å². The lowest BCUT2D eigenvalue weighted by Gasteiger charge is -2.17. The van der Waals surface area contributed by atoms with Crippen LogP contribution in [0.1, 0.15) is 83.3 Å². The van der Waals surface area contributed by atoms with Crippen LogP contribution in [0.3, 0.4) is 0 Å². The van der Waals surface area contributed by atoms with E-state index in [1.54, 1.807) is 6.07 Å². The summed E-state index contributed by atoms with van der Waals surface area (Å²) in [5.41, 5.74) is 0.00562. The van der Waals surface area contributed by atoms with Crippen LogP contribution in [0, 0.1) is 0 Å². The van der Waals surface area contributed by atoms with Gasteiger partial charge in [0.2, 0.25) is 0 Å². The normalized spacial score (nSPS) is 17.8. The Bertz CT molecular complexity index is 1040. The van der Waals surface area contributed by atoms with Crippen molar-refractivity contribution in [1.29, 1.82) is 0 Å². The third kappa shape index (κ3) is 2.98. The van der Waals surface area contributed by atoms with Crippen LogP contribution >= 0.6 is 0 Å². The average molecular weight is 384 g/mol. The topological polar surface area (TPSA) is 149 Å². The molecule has 8 heteroatoms. The summed E-state index contributed by atoms with van der Waals surface area (Å²) in [5, 5.41) is 37.6. The summed E-state index contributed by atoms with van der Waals surface area (Å²) in [6.07, 6.45) is 0.449. The lowest BCUT2D eigenvalue weighted by molar-refractivity contribution is 0.0650. The summed E-state index contributed by atoms with van der Waals surface area (Å²) < 4.78 is 0. The Kier molecular flexibility index (Phi) is 4.64. The highest BCUT2D eigenvalue weighted by Gasteiger charge is 2.36. The number of carboxylic acids is 4. The molecule has 0 fully saturated rings. The van der Waals surface area contributed by atoms with Crippen LogP contribution in [0.4, 0.5) is 0 Å². The second kappa shape index (κ2) is 6.80. The zero-order valence-electron chi connectivity index (χ0n) is 14.7. The molecule has 0 aliphatic heterocycles. The first-order valence-electron chi connectivity index (χ1n) is 8.37. The molecule has 8 nitrogen and oxygen atoms in total. The SMILES string of the molecule is CC1CC(c2ccc(C(=O)O)c(C(=O)O)c2)c2c1ccc(C(=O)O)c2C(=O)O. The zero-order chi connectivity index (χ0) is 20.7. The molecule has 0 saturated heterocycles. The van der Waals surface area contributed by atoms with Crippen molar-refractivity contribution in [2.45, 2.75) is 25.2 Å². The Morgan fingerprint density at radius 3 is 1.89 bits per heavy atom. The van der Waals surface area contributed by atoms with Gasteiger partial charge in [0.05, 0.1) is 22.3 Å². The predicted molar refractivity (Wildman–Crippen MR) is 95.6 cm³/mol. The van der Waals surface area contributed by atoms with Gasteiger partial charge in [-0.25, -0.2) is 19.2 Å². The molecule has 144 valence electrons. The fourth-order valence-electron chi connectivity index (χ4n) is 3.89. The summed E-state index contributed by atoms with van der Waals surface area (Å²) in [7, 11) is 0. The second-order valence-corrected chi connectivity index (χ2v) is 6.71. The fraction of sp³-hybridized carbons (Fsp3) is 0.200. The van der Waals surface area contributed by atoms with Gasteiger partial charge in [-0.3, -0.25) is 0 Å². The number of rotatable bonds is 5. The van der Waals surface area contributed by atoms with E-state index in [1.807, 2.05) is 6.92 Å². The van der Waals surface area contributed by atoms with Crippen LogP contribution in [0.25, 0.3) is 0 Å². The lowest BCUT2D eigenvalue weighted by atomic mass is 9.86. The lowest BCUT2D eigenvalue weighted by Crippen LogP contribution is -2.14. The molecule has 2 aromatic carbocycles. The van der Waals surface area contributed by atoms with E-state index in [-0.39, 0.29) is 22.6 Å². The van der Waals surface area contributed by atoms with Gasteiger partial charge in [-0.1, -0.05) is 19.1 Å². The van der Waals surface area contributed by atoms with Crippen LogP contribution in [-0.2, 0) is 0 Å². The van der Waals surface area contributed by atoms with Crippen molar-refractivity contribution in [3.05, 3.63) is 69.3 Å². The fourth-order valence-corrected chi connectivity index (χ4v) is 3.89. The second-order valence-electron chi connectivity index (χ2n) is 6.71. The Labute approximate surface area is 158 Å². The molecule has 0 bridgehead atoms. The van der Waals surface area contributed by atoms with Gasteiger partial charge < -0.3 is 20.4 Å². The van der Waals surface area contributed by atoms with Gasteiger partial charge in [-0.2, -0.15) is 0 Å². The van der Waals surface area contributed by atoms with E-state index in [0.29, 0.717) is 23.1 Å². The van der Waals surface area contributed by atoms with Crippen molar-refractivity contribution in [1.82, 2.24) is 0 Å². The highest BCUT2D eigenvalue weighted by Crippen LogP contribution is 2.47. The molecule has 4 N–H and O–H groups in total. The van der Waals surface area contributed by atoms with Crippen molar-refractivity contribution >= 4 is 23.9 Å². The molecular formula is C20H16O8. The van der Waals surface area contributed by atoms with Crippen molar-refractivity contribution in [3.8, 4) is 0 Å². The number of benzene rings is 2. The van der Waals surface area contributed by atoms with Gasteiger partial charge in [0.25, 0.3) is 0 Å². The number of carbonyl (C=O) groups is 4. The van der Waals surface area contributed by atoms with Crippen molar-refractivity contribution < 1.29 is 39.6 Å². The minimum Gasteiger partial charge on any atom is -0.478 e. The minimum absolute atomic E-state index is 0.0756. The molecule has 0 spiro atoms. The number of fused-ring (bicyclic) bond motifs is 1. The molecule has 0 amide bonds. The average Bonchev–Trinajstić information content (AvgIpc) is 2.96. The first-order valence-corrected chi connectivity index (χ1v) is 8.37. The molecule has 0 heterocycles. The smallest absolute Gasteiger partial charge is 0.336 e. The van der Waals surface area contributed by atoms with E-state index in [0.717, 1.165) is 0 Å². The van der Waals surface area contributed by atoms with Crippen molar-refractivity contribution in [2.24, 2.45) is 0 Å². The van der Waals surface area contributed by atoms with E-state index in [2.05, 4.69) is 0 Å². The quantitative estimate of drug-likeness (QED) is 0.614. The molecular weight excluding hydrogens is 368 g/mol. The van der Waals surface area contributed by atoms with E-state index in [9.17, 15) is 39.6 Å². The van der Waals surface area contributed by atoms with E-state index < -0.39 is 35.4 Å². The maximum absolute atomic E-state index is 11.9. The van der Waals surface area contributed by atoms with Crippen LogP contribution in [0.2, 0.25) is 0 Å². The number of carboxylic acid groups (broad SMARTS) is 4. The van der Waals surface area contributed by atoms with Gasteiger partial charge >= 0.3 is 23.9 Å². The number of hydrogen-bond acceptors (Lipinski definition) is 4. The van der Waals surface area contributed by atoms with Gasteiger partial charge in [-0.05, 0) is 47.2 Å². The third-order valence-corrected chi connectivity index (χ3v) is 5.10. The molecule has 0 radical (unpaired) electrons. The summed E-state index contributed by atoms with van der Waals surface area (Å²) in [5.74, 6) is -6.18. The Balaban J connectivity index is 2.26. The first kappa shape index (κ1) is 19.1. The van der Waals surface area contributed by atoms with Crippen LogP contribution in [-0.4, -0.2) is 44.3 Å². The molecule has 1 aliphatic rings. The monoisotopic (exact) mass is 384 g/mol. The van der Waals surface area contributed by atoms with Gasteiger partial charge in [0.15, 0.2) is 0 Å². The van der Waals surface area contributed by atoms with Crippen LogP contribution in [0.5, 0.6) is 0 Å². The Morgan fingerprint density at radius 2 is 1.36 bits per heavy atom. The highest BCUT2D eigenvalue weighted by molar-refractivity contribution is 6.04. The van der Waals surface area contributed by atoms with Gasteiger partial charge in [-0.15, -0.1) is 0 Å². The summed E-state index contributed by atoms with van der Waals surface area (Å²) in [4.78, 5) is 46.1. The van der Waals surface area contributed by atoms with E-state index >= 15 is 0 Å². The van der Waals surface area contributed by atoms with Gasteiger partial charge in [0.1, 0.15) is 0 Å². The summed E-state index contributed by atoms with van der Waals surface area (Å²) >= 11 is 0. The van der Waals surface area contributed by atoms with E-state index in [1.165, 1.54) is 24.3 Å². The molecule has 0 aromatic heterocycles. The molecule has 2 atom stereocenters. The number of aromatic carboxylic acids is 4. The number of hydrogen-bond donors (Lipinski definition) is 4. The highest BCUT2D eigenvalue weighted by atomic mass is 16.4. The molecule has 2 unspecified atom stereocenters. The molecule has 28 heavy (non-hydrogen) atoms. The predicted octanol–water partition coefficient (Wildman–Crippen LogP) is 3.12. The third-order valence-electron chi connectivity index (χ3n) is 5.10. The standard InChI is InChI=1S/C20H16O8/c1-8-6-13(9-2-3-11(17(21)22)14(7-9)19(25)26)15-10(8)4-5-12(18(23)24)16(15)20(27)28/h2-5,7-8,13H,6H2,1H3,(H,21,22)(H,23,24)(H,25,26)(H,27,28). The minimum atomic E-state index is -1.41. The summed E-state index contributed by atoms with van der Waals surface area (Å²) in [6.45, 7) is 1.87. The van der Waals surface area contributed by atoms with E-state index in [4.69, 9.17) is 0 Å². The first-order chi connectivity index (χ1) is 13.1. The molecule has 1 aliphatic carbocycles.